The monoisotopic (exact) mass is 435 g/mol. The Bertz CT molecular complexity index is 1050. The molecule has 1 aliphatic heterocycles. The van der Waals surface area contributed by atoms with Crippen molar-refractivity contribution in [2.24, 2.45) is 5.92 Å². The van der Waals surface area contributed by atoms with Gasteiger partial charge in [-0.2, -0.15) is 0 Å². The van der Waals surface area contributed by atoms with Gasteiger partial charge in [0.2, 0.25) is 0 Å². The van der Waals surface area contributed by atoms with Gasteiger partial charge in [-0.25, -0.2) is 18.2 Å². The highest BCUT2D eigenvalue weighted by Gasteiger charge is 2.25. The predicted molar refractivity (Wildman–Crippen MR) is 107 cm³/mol. The number of nitrogens with zero attached hydrogens (tertiary/aromatic N) is 3. The van der Waals surface area contributed by atoms with Crippen LogP contribution in [0.25, 0.3) is 11.1 Å². The molecule has 1 aromatic carbocycles. The molecule has 0 atom stereocenters. The zero-order valence-corrected chi connectivity index (χ0v) is 17.0. The van der Waals surface area contributed by atoms with Gasteiger partial charge in [0.05, 0.1) is 16.4 Å². The minimum absolute atomic E-state index is 0.0882. The van der Waals surface area contributed by atoms with Gasteiger partial charge in [-0.05, 0) is 36.5 Å². The molecule has 30 heavy (non-hydrogen) atoms. The molecule has 0 spiro atoms. The van der Waals surface area contributed by atoms with Crippen LogP contribution in [-0.4, -0.2) is 60.4 Å². The maximum Gasteiger partial charge on any atom is 0.407 e. The lowest BCUT2D eigenvalue weighted by atomic mass is 9.98. The third-order valence-electron chi connectivity index (χ3n) is 4.99. The summed E-state index contributed by atoms with van der Waals surface area (Å²) in [6.07, 6.45) is 2.82. The van der Waals surface area contributed by atoms with Crippen LogP contribution < -0.4 is 4.74 Å². The highest BCUT2D eigenvalue weighted by Crippen LogP contribution is 2.31. The second-order valence-electron chi connectivity index (χ2n) is 7.13. The highest BCUT2D eigenvalue weighted by atomic mass is 32.2. The van der Waals surface area contributed by atoms with Crippen molar-refractivity contribution in [1.82, 2.24) is 9.88 Å². The molecule has 2 heterocycles. The van der Waals surface area contributed by atoms with Gasteiger partial charge in [-0.1, -0.05) is 12.1 Å². The molecular formula is C19H21N3O7S. The van der Waals surface area contributed by atoms with Gasteiger partial charge in [0, 0.05) is 37.2 Å². The first-order valence-corrected chi connectivity index (χ1v) is 11.1. The van der Waals surface area contributed by atoms with Gasteiger partial charge in [0.25, 0.3) is 5.88 Å². The Kier molecular flexibility index (Phi) is 6.20. The number of likely N-dealkylation sites (tertiary alicyclic amines) is 1. The average Bonchev–Trinajstić information content (AvgIpc) is 2.72. The third-order valence-corrected chi connectivity index (χ3v) is 6.11. The standard InChI is InChI=1S/C19H21N3O7S/c1-30(27,28)16-4-2-14(3-5-16)15-10-17(22(25)26)18(20-11-15)29-12-13-6-8-21(9-7-13)19(23)24/h2-5,10-11,13H,6-9,12H2,1H3,(H,23,24). The summed E-state index contributed by atoms with van der Waals surface area (Å²) in [5.41, 5.74) is 0.761. The number of amides is 1. The van der Waals surface area contributed by atoms with Crippen molar-refractivity contribution in [1.29, 1.82) is 0 Å². The van der Waals surface area contributed by atoms with Crippen LogP contribution in [0.15, 0.2) is 41.4 Å². The van der Waals surface area contributed by atoms with E-state index in [-0.39, 0.29) is 29.0 Å². The number of carbonyl (C=O) groups is 1. The van der Waals surface area contributed by atoms with Crippen LogP contribution >= 0.6 is 0 Å². The summed E-state index contributed by atoms with van der Waals surface area (Å²) in [6, 6.07) is 7.33. The fraction of sp³-hybridized carbons (Fsp3) is 0.368. The number of piperidine rings is 1. The summed E-state index contributed by atoms with van der Waals surface area (Å²) in [7, 11) is -3.34. The van der Waals surface area contributed by atoms with Crippen molar-refractivity contribution in [2.45, 2.75) is 17.7 Å². The number of rotatable bonds is 6. The summed E-state index contributed by atoms with van der Waals surface area (Å²) in [4.78, 5) is 27.4. The second-order valence-corrected chi connectivity index (χ2v) is 9.14. The van der Waals surface area contributed by atoms with Crippen molar-refractivity contribution >= 4 is 21.6 Å². The van der Waals surface area contributed by atoms with E-state index < -0.39 is 20.9 Å². The van der Waals surface area contributed by atoms with E-state index in [1.54, 1.807) is 12.1 Å². The van der Waals surface area contributed by atoms with Gasteiger partial charge in [0.1, 0.15) is 0 Å². The second kappa shape index (κ2) is 8.66. The summed E-state index contributed by atoms with van der Waals surface area (Å²) in [5.74, 6) is -0.0117. The lowest BCUT2D eigenvalue weighted by Crippen LogP contribution is -2.38. The van der Waals surface area contributed by atoms with Crippen molar-refractivity contribution in [3.63, 3.8) is 0 Å². The Morgan fingerprint density at radius 1 is 1.27 bits per heavy atom. The zero-order chi connectivity index (χ0) is 21.9. The molecule has 0 aliphatic carbocycles. The molecule has 3 rings (SSSR count). The first kappa shape index (κ1) is 21.5. The highest BCUT2D eigenvalue weighted by molar-refractivity contribution is 7.90. The quantitative estimate of drug-likeness (QED) is 0.539. The predicted octanol–water partition coefficient (Wildman–Crippen LogP) is 2.83. The molecule has 1 N–H and O–H groups in total. The van der Waals surface area contributed by atoms with E-state index in [0.29, 0.717) is 37.1 Å². The molecule has 1 saturated heterocycles. The third kappa shape index (κ3) is 5.03. The summed E-state index contributed by atoms with van der Waals surface area (Å²) in [5, 5.41) is 20.5. The summed E-state index contributed by atoms with van der Waals surface area (Å²) in [6.45, 7) is 1.02. The largest absolute Gasteiger partial charge is 0.473 e. The van der Waals surface area contributed by atoms with E-state index in [9.17, 15) is 23.3 Å². The molecule has 2 aromatic rings. The SMILES string of the molecule is CS(=O)(=O)c1ccc(-c2cnc(OCC3CCN(C(=O)O)CC3)c([N+](=O)[O-])c2)cc1. The van der Waals surface area contributed by atoms with Crippen LogP contribution in [0.1, 0.15) is 12.8 Å². The number of hydrogen-bond donors (Lipinski definition) is 1. The number of aromatic nitrogens is 1. The van der Waals surface area contributed by atoms with E-state index in [1.807, 2.05) is 0 Å². The van der Waals surface area contributed by atoms with E-state index in [2.05, 4.69) is 4.98 Å². The number of pyridine rings is 1. The smallest absolute Gasteiger partial charge is 0.407 e. The Morgan fingerprint density at radius 2 is 1.90 bits per heavy atom. The Morgan fingerprint density at radius 3 is 2.43 bits per heavy atom. The minimum Gasteiger partial charge on any atom is -0.473 e. The molecule has 160 valence electrons. The Hall–Kier alpha value is -3.21. The van der Waals surface area contributed by atoms with E-state index in [1.165, 1.54) is 29.3 Å². The Balaban J connectivity index is 1.73. The van der Waals surface area contributed by atoms with E-state index in [4.69, 9.17) is 9.84 Å². The molecule has 1 amide bonds. The van der Waals surface area contributed by atoms with Crippen molar-refractivity contribution in [2.75, 3.05) is 26.0 Å². The first-order chi connectivity index (χ1) is 14.1. The molecule has 0 radical (unpaired) electrons. The number of hydrogen-bond acceptors (Lipinski definition) is 7. The molecule has 0 bridgehead atoms. The van der Waals surface area contributed by atoms with Gasteiger partial charge in [-0.3, -0.25) is 10.1 Å². The van der Waals surface area contributed by atoms with Crippen LogP contribution in [0.3, 0.4) is 0 Å². The minimum atomic E-state index is -3.34. The topological polar surface area (TPSA) is 140 Å². The normalized spacial score (nSPS) is 15.0. The molecule has 1 aliphatic rings. The molecule has 0 unspecified atom stereocenters. The summed E-state index contributed by atoms with van der Waals surface area (Å²) >= 11 is 0. The molecule has 10 nitrogen and oxygen atoms in total. The average molecular weight is 435 g/mol. The van der Waals surface area contributed by atoms with Gasteiger partial charge >= 0.3 is 11.8 Å². The van der Waals surface area contributed by atoms with Gasteiger partial charge in [0.15, 0.2) is 9.84 Å². The van der Waals surface area contributed by atoms with Crippen molar-refractivity contribution in [3.8, 4) is 17.0 Å². The van der Waals surface area contributed by atoms with Crippen LogP contribution in [0.4, 0.5) is 10.5 Å². The number of benzene rings is 1. The molecule has 11 heteroatoms. The maximum atomic E-state index is 11.6. The Labute approximate surface area is 173 Å². The number of sulfone groups is 1. The van der Waals surface area contributed by atoms with Crippen molar-refractivity contribution < 1.29 is 28.0 Å². The number of ether oxygens (including phenoxy) is 1. The zero-order valence-electron chi connectivity index (χ0n) is 16.2. The fourth-order valence-corrected chi connectivity index (χ4v) is 3.85. The van der Waals surface area contributed by atoms with Crippen molar-refractivity contribution in [3.05, 3.63) is 46.6 Å². The lowest BCUT2D eigenvalue weighted by molar-refractivity contribution is -0.386. The van der Waals surface area contributed by atoms with Crippen LogP contribution in [0.2, 0.25) is 0 Å². The number of carboxylic acid groups (broad SMARTS) is 1. The van der Waals surface area contributed by atoms with Gasteiger partial charge < -0.3 is 14.7 Å². The van der Waals surface area contributed by atoms with Crippen LogP contribution in [-0.2, 0) is 9.84 Å². The lowest BCUT2D eigenvalue weighted by Gasteiger charge is -2.29. The van der Waals surface area contributed by atoms with Crippen LogP contribution in [0, 0.1) is 16.0 Å². The van der Waals surface area contributed by atoms with E-state index in [0.717, 1.165) is 6.26 Å². The summed E-state index contributed by atoms with van der Waals surface area (Å²) < 4.78 is 28.7. The van der Waals surface area contributed by atoms with Crippen LogP contribution in [0.5, 0.6) is 5.88 Å². The number of nitro groups is 1. The van der Waals surface area contributed by atoms with Gasteiger partial charge in [-0.15, -0.1) is 0 Å². The molecular weight excluding hydrogens is 414 g/mol. The molecule has 1 aromatic heterocycles. The molecule has 0 saturated carbocycles. The first-order valence-electron chi connectivity index (χ1n) is 9.20. The fourth-order valence-electron chi connectivity index (χ4n) is 3.22. The molecule has 1 fully saturated rings. The van der Waals surface area contributed by atoms with E-state index >= 15 is 0 Å². The maximum absolute atomic E-state index is 11.6.